The Balaban J connectivity index is 2.33. The molecular weight excluding hydrogens is 272 g/mol. The van der Waals surface area contributed by atoms with Crippen LogP contribution in [0.15, 0.2) is 72.3 Å². The predicted octanol–water partition coefficient (Wildman–Crippen LogP) is 4.82. The van der Waals surface area contributed by atoms with Crippen LogP contribution < -0.4 is 0 Å². The number of benzene rings is 2. The summed E-state index contributed by atoms with van der Waals surface area (Å²) in [6.45, 7) is 3.66. The third-order valence-electron chi connectivity index (χ3n) is 3.52. The van der Waals surface area contributed by atoms with Gasteiger partial charge in [0, 0.05) is 11.5 Å². The highest BCUT2D eigenvalue weighted by molar-refractivity contribution is 5.86. The van der Waals surface area contributed by atoms with Crippen LogP contribution in [-0.4, -0.2) is 11.1 Å². The van der Waals surface area contributed by atoms with Crippen LogP contribution in [0.3, 0.4) is 0 Å². The van der Waals surface area contributed by atoms with E-state index in [0.717, 1.165) is 11.1 Å². The van der Waals surface area contributed by atoms with E-state index in [1.165, 1.54) is 5.56 Å². The lowest BCUT2D eigenvalue weighted by Crippen LogP contribution is -2.00. The number of hydrogen-bond acceptors (Lipinski definition) is 1. The van der Waals surface area contributed by atoms with E-state index in [-0.39, 0.29) is 5.92 Å². The number of rotatable bonds is 5. The minimum atomic E-state index is -0.884. The van der Waals surface area contributed by atoms with Crippen molar-refractivity contribution < 1.29 is 9.90 Å². The van der Waals surface area contributed by atoms with Gasteiger partial charge in [-0.25, -0.2) is 4.79 Å². The lowest BCUT2D eigenvalue weighted by atomic mass is 9.94. The highest BCUT2D eigenvalue weighted by atomic mass is 16.4. The molecule has 22 heavy (non-hydrogen) atoms. The summed E-state index contributed by atoms with van der Waals surface area (Å²) in [6.07, 6.45) is 5.84. The van der Waals surface area contributed by atoms with Crippen molar-refractivity contribution in [2.45, 2.75) is 19.8 Å². The second kappa shape index (κ2) is 7.41. The van der Waals surface area contributed by atoms with Gasteiger partial charge in [0.15, 0.2) is 0 Å². The molecule has 1 atom stereocenters. The lowest BCUT2D eigenvalue weighted by molar-refractivity contribution is -0.132. The van der Waals surface area contributed by atoms with Crippen LogP contribution in [0.2, 0.25) is 0 Å². The van der Waals surface area contributed by atoms with E-state index in [1.54, 1.807) is 13.0 Å². The molecular formula is C20H20O2. The average Bonchev–Trinajstić information content (AvgIpc) is 2.53. The molecule has 2 rings (SSSR count). The summed E-state index contributed by atoms with van der Waals surface area (Å²) in [7, 11) is 0. The molecule has 0 saturated heterocycles. The molecule has 0 aliphatic rings. The van der Waals surface area contributed by atoms with Crippen molar-refractivity contribution in [1.29, 1.82) is 0 Å². The largest absolute Gasteiger partial charge is 0.478 e. The smallest absolute Gasteiger partial charge is 0.330 e. The molecule has 0 spiro atoms. The molecule has 0 aromatic heterocycles. The van der Waals surface area contributed by atoms with Gasteiger partial charge in [0.2, 0.25) is 0 Å². The van der Waals surface area contributed by atoms with E-state index in [4.69, 9.17) is 5.11 Å². The van der Waals surface area contributed by atoms with Gasteiger partial charge in [-0.2, -0.15) is 0 Å². The molecule has 0 heterocycles. The number of allylic oxidation sites excluding steroid dienone is 2. The van der Waals surface area contributed by atoms with Gasteiger partial charge in [0.05, 0.1) is 0 Å². The van der Waals surface area contributed by atoms with Crippen LogP contribution in [-0.2, 0) is 4.79 Å². The Morgan fingerprint density at radius 3 is 2.27 bits per heavy atom. The van der Waals surface area contributed by atoms with Crippen molar-refractivity contribution in [2.75, 3.05) is 0 Å². The van der Waals surface area contributed by atoms with E-state index in [0.29, 0.717) is 5.57 Å². The summed E-state index contributed by atoms with van der Waals surface area (Å²) in [4.78, 5) is 11.1. The molecule has 112 valence electrons. The molecule has 2 aromatic carbocycles. The minimum Gasteiger partial charge on any atom is -0.478 e. The van der Waals surface area contributed by atoms with Crippen molar-refractivity contribution in [2.24, 2.45) is 0 Å². The van der Waals surface area contributed by atoms with Crippen molar-refractivity contribution in [1.82, 2.24) is 0 Å². The normalized spacial score (nSPS) is 13.3. The maximum absolute atomic E-state index is 11.1. The van der Waals surface area contributed by atoms with Crippen molar-refractivity contribution in [3.05, 3.63) is 89.0 Å². The SMILES string of the molecule is CC(=CC(C=Cc1ccccc1)c1ccc(C)cc1)C(=O)O. The first-order valence-corrected chi connectivity index (χ1v) is 7.28. The molecule has 0 aliphatic heterocycles. The van der Waals surface area contributed by atoms with Gasteiger partial charge in [-0.3, -0.25) is 0 Å². The summed E-state index contributed by atoms with van der Waals surface area (Å²) < 4.78 is 0. The standard InChI is InChI=1S/C20H20O2/c1-15-8-11-18(12-9-15)19(14-16(2)20(21)22)13-10-17-6-4-3-5-7-17/h3-14,19H,1-2H3,(H,21,22). The van der Waals surface area contributed by atoms with Gasteiger partial charge in [0.25, 0.3) is 0 Å². The maximum Gasteiger partial charge on any atom is 0.330 e. The maximum atomic E-state index is 11.1. The Labute approximate surface area is 131 Å². The minimum absolute atomic E-state index is 0.0584. The second-order valence-corrected chi connectivity index (χ2v) is 5.36. The van der Waals surface area contributed by atoms with Crippen LogP contribution in [0, 0.1) is 6.92 Å². The number of aryl methyl sites for hydroxylation is 1. The lowest BCUT2D eigenvalue weighted by Gasteiger charge is -2.10. The third-order valence-corrected chi connectivity index (χ3v) is 3.52. The summed E-state index contributed by atoms with van der Waals surface area (Å²) >= 11 is 0. The molecule has 0 saturated carbocycles. The van der Waals surface area contributed by atoms with Gasteiger partial charge in [0.1, 0.15) is 0 Å². The number of carboxylic acid groups (broad SMARTS) is 1. The van der Waals surface area contributed by atoms with E-state index >= 15 is 0 Å². The zero-order valence-electron chi connectivity index (χ0n) is 12.9. The summed E-state index contributed by atoms with van der Waals surface area (Å²) in [5.41, 5.74) is 3.72. The fraction of sp³-hybridized carbons (Fsp3) is 0.150. The van der Waals surface area contributed by atoms with E-state index in [9.17, 15) is 4.79 Å². The molecule has 1 N–H and O–H groups in total. The van der Waals surface area contributed by atoms with Gasteiger partial charge in [-0.15, -0.1) is 0 Å². The Bertz CT molecular complexity index is 679. The molecule has 2 nitrogen and oxygen atoms in total. The van der Waals surface area contributed by atoms with E-state index in [2.05, 4.69) is 0 Å². The molecule has 2 heteroatoms. The van der Waals surface area contributed by atoms with E-state index in [1.807, 2.05) is 73.7 Å². The Morgan fingerprint density at radius 1 is 1.05 bits per heavy atom. The fourth-order valence-electron chi connectivity index (χ4n) is 2.17. The first-order valence-electron chi connectivity index (χ1n) is 7.28. The molecule has 0 amide bonds. The van der Waals surface area contributed by atoms with E-state index < -0.39 is 5.97 Å². The molecule has 0 radical (unpaired) electrons. The summed E-state index contributed by atoms with van der Waals surface area (Å²) in [6, 6.07) is 18.2. The van der Waals surface area contributed by atoms with Gasteiger partial charge < -0.3 is 5.11 Å². The zero-order chi connectivity index (χ0) is 15.9. The first-order chi connectivity index (χ1) is 10.6. The second-order valence-electron chi connectivity index (χ2n) is 5.36. The van der Waals surface area contributed by atoms with Gasteiger partial charge in [-0.1, -0.05) is 78.4 Å². The quantitative estimate of drug-likeness (QED) is 0.802. The number of hydrogen-bond donors (Lipinski definition) is 1. The van der Waals surface area contributed by atoms with Crippen molar-refractivity contribution >= 4 is 12.0 Å². The highest BCUT2D eigenvalue weighted by Gasteiger charge is 2.08. The van der Waals surface area contributed by atoms with Crippen molar-refractivity contribution in [3.8, 4) is 0 Å². The molecule has 2 aromatic rings. The summed E-state index contributed by atoms with van der Waals surface area (Å²) in [5, 5.41) is 9.11. The Kier molecular flexibility index (Phi) is 5.31. The Hall–Kier alpha value is -2.61. The highest BCUT2D eigenvalue weighted by Crippen LogP contribution is 2.22. The summed E-state index contributed by atoms with van der Waals surface area (Å²) in [5.74, 6) is -0.942. The van der Waals surface area contributed by atoms with Crippen LogP contribution in [0.1, 0.15) is 29.5 Å². The van der Waals surface area contributed by atoms with Crippen LogP contribution >= 0.6 is 0 Å². The zero-order valence-corrected chi connectivity index (χ0v) is 12.9. The van der Waals surface area contributed by atoms with Crippen LogP contribution in [0.25, 0.3) is 6.08 Å². The monoisotopic (exact) mass is 292 g/mol. The van der Waals surface area contributed by atoms with Gasteiger partial charge >= 0.3 is 5.97 Å². The van der Waals surface area contributed by atoms with Gasteiger partial charge in [-0.05, 0) is 25.0 Å². The first kappa shape index (κ1) is 15.8. The molecule has 1 unspecified atom stereocenters. The fourth-order valence-corrected chi connectivity index (χ4v) is 2.17. The topological polar surface area (TPSA) is 37.3 Å². The molecule has 0 fully saturated rings. The molecule has 0 aliphatic carbocycles. The predicted molar refractivity (Wildman–Crippen MR) is 90.8 cm³/mol. The number of aliphatic carboxylic acids is 1. The Morgan fingerprint density at radius 2 is 1.68 bits per heavy atom. The average molecular weight is 292 g/mol. The third kappa shape index (κ3) is 4.45. The van der Waals surface area contributed by atoms with Crippen molar-refractivity contribution in [3.63, 3.8) is 0 Å². The number of carbonyl (C=O) groups is 1. The molecule has 0 bridgehead atoms. The van der Waals surface area contributed by atoms with Crippen LogP contribution in [0.5, 0.6) is 0 Å². The number of carboxylic acids is 1. The van der Waals surface area contributed by atoms with Crippen LogP contribution in [0.4, 0.5) is 0 Å².